The number of nitrogens with zero attached hydrogens (tertiary/aromatic N) is 2. The number of piperidine rings is 1. The fourth-order valence-corrected chi connectivity index (χ4v) is 6.24. The molecule has 2 amide bonds. The van der Waals surface area contributed by atoms with E-state index in [9.17, 15) is 18.0 Å². The Kier molecular flexibility index (Phi) is 5.67. The van der Waals surface area contributed by atoms with E-state index in [1.54, 1.807) is 30.2 Å². The molecule has 1 spiro atoms. The van der Waals surface area contributed by atoms with Crippen molar-refractivity contribution in [3.63, 3.8) is 0 Å². The second kappa shape index (κ2) is 7.71. The Morgan fingerprint density at radius 2 is 1.89 bits per heavy atom. The van der Waals surface area contributed by atoms with Crippen LogP contribution in [-0.2, 0) is 19.4 Å². The highest BCUT2D eigenvalue weighted by molar-refractivity contribution is 7.93. The molecule has 0 bridgehead atoms. The molecule has 8 nitrogen and oxygen atoms in total. The summed E-state index contributed by atoms with van der Waals surface area (Å²) in [5.41, 5.74) is 1.29. The monoisotopic (exact) mass is 410 g/mol. The van der Waals surface area contributed by atoms with Crippen molar-refractivity contribution in [2.24, 2.45) is 0 Å². The van der Waals surface area contributed by atoms with Gasteiger partial charge in [-0.05, 0) is 19.1 Å². The molecule has 2 saturated heterocycles. The van der Waals surface area contributed by atoms with Crippen LogP contribution in [-0.4, -0.2) is 81.1 Å². The van der Waals surface area contributed by atoms with E-state index >= 15 is 0 Å². The Hall–Kier alpha value is -2.13. The van der Waals surface area contributed by atoms with Gasteiger partial charge in [0.05, 0.1) is 13.7 Å². The van der Waals surface area contributed by atoms with Crippen LogP contribution < -0.4 is 4.74 Å². The molecule has 2 aliphatic heterocycles. The zero-order valence-electron chi connectivity index (χ0n) is 16.4. The minimum atomic E-state index is -3.61. The van der Waals surface area contributed by atoms with E-state index in [4.69, 9.17) is 9.47 Å². The van der Waals surface area contributed by atoms with Gasteiger partial charge in [0.25, 0.3) is 5.91 Å². The molecular weight excluding hydrogens is 384 g/mol. The summed E-state index contributed by atoms with van der Waals surface area (Å²) >= 11 is 0. The third kappa shape index (κ3) is 3.26. The molecule has 0 unspecified atom stereocenters. The molecule has 0 saturated carbocycles. The summed E-state index contributed by atoms with van der Waals surface area (Å²) in [5, 5.41) is 0. The van der Waals surface area contributed by atoms with Crippen LogP contribution in [0.4, 0.5) is 0 Å². The number of hydrogen-bond acceptors (Lipinski definition) is 6. The molecular formula is C19H26N2O6S. The minimum absolute atomic E-state index is 0.156. The maximum absolute atomic E-state index is 13.0. The van der Waals surface area contributed by atoms with Crippen LogP contribution in [0, 0.1) is 6.92 Å². The van der Waals surface area contributed by atoms with Crippen molar-refractivity contribution < 1.29 is 27.5 Å². The molecule has 0 radical (unpaired) electrons. The van der Waals surface area contributed by atoms with E-state index in [0.717, 1.165) is 5.56 Å². The van der Waals surface area contributed by atoms with Crippen LogP contribution in [0.5, 0.6) is 5.75 Å². The van der Waals surface area contributed by atoms with Gasteiger partial charge in [-0.2, -0.15) is 0 Å². The summed E-state index contributed by atoms with van der Waals surface area (Å²) in [4.78, 5) is 27.2. The highest BCUT2D eigenvalue weighted by Crippen LogP contribution is 2.40. The van der Waals surface area contributed by atoms with Gasteiger partial charge in [-0.3, -0.25) is 9.59 Å². The third-order valence-corrected chi connectivity index (χ3v) is 8.18. The molecule has 2 aliphatic rings. The van der Waals surface area contributed by atoms with Crippen LogP contribution in [0.1, 0.15) is 28.8 Å². The largest absolute Gasteiger partial charge is 0.496 e. The van der Waals surface area contributed by atoms with Crippen molar-refractivity contribution in [1.29, 1.82) is 0 Å². The van der Waals surface area contributed by atoms with E-state index in [0.29, 0.717) is 11.3 Å². The maximum Gasteiger partial charge on any atom is 0.254 e. The lowest BCUT2D eigenvalue weighted by Gasteiger charge is -2.43. The van der Waals surface area contributed by atoms with Crippen molar-refractivity contribution in [1.82, 2.24) is 9.80 Å². The first-order chi connectivity index (χ1) is 13.3. The first-order valence-electron chi connectivity index (χ1n) is 9.22. The van der Waals surface area contributed by atoms with Gasteiger partial charge in [0.2, 0.25) is 5.91 Å². The number of ether oxygens (including phenoxy) is 2. The predicted octanol–water partition coefficient (Wildman–Crippen LogP) is 0.839. The summed E-state index contributed by atoms with van der Waals surface area (Å²) in [7, 11) is -0.541. The number of rotatable bonds is 5. The van der Waals surface area contributed by atoms with E-state index < -0.39 is 20.5 Å². The maximum atomic E-state index is 13.0. The second-order valence-corrected chi connectivity index (χ2v) is 9.45. The zero-order chi connectivity index (χ0) is 20.5. The minimum Gasteiger partial charge on any atom is -0.496 e. The molecule has 0 atom stereocenters. The molecule has 3 rings (SSSR count). The number of amides is 2. The van der Waals surface area contributed by atoms with Crippen molar-refractivity contribution in [2.75, 3.05) is 46.2 Å². The average Bonchev–Trinajstić information content (AvgIpc) is 2.85. The predicted molar refractivity (Wildman–Crippen MR) is 103 cm³/mol. The Morgan fingerprint density at radius 1 is 1.21 bits per heavy atom. The molecule has 28 heavy (non-hydrogen) atoms. The molecule has 154 valence electrons. The normalized spacial score (nSPS) is 20.6. The van der Waals surface area contributed by atoms with Crippen LogP contribution >= 0.6 is 0 Å². The molecule has 0 aromatic heterocycles. The van der Waals surface area contributed by atoms with Gasteiger partial charge in [0.15, 0.2) is 9.84 Å². The van der Waals surface area contributed by atoms with Gasteiger partial charge in [0, 0.05) is 50.7 Å². The number of carbonyl (C=O) groups excluding carboxylic acids is 2. The zero-order valence-corrected chi connectivity index (χ0v) is 17.3. The Balaban J connectivity index is 1.81. The van der Waals surface area contributed by atoms with Gasteiger partial charge in [-0.15, -0.1) is 0 Å². The molecule has 2 fully saturated rings. The smallest absolute Gasteiger partial charge is 0.254 e. The van der Waals surface area contributed by atoms with Crippen molar-refractivity contribution in [3.05, 3.63) is 29.3 Å². The molecule has 1 aromatic carbocycles. The van der Waals surface area contributed by atoms with E-state index in [1.807, 2.05) is 6.92 Å². The van der Waals surface area contributed by atoms with E-state index in [2.05, 4.69) is 0 Å². The lowest BCUT2D eigenvalue weighted by molar-refractivity contribution is -0.131. The van der Waals surface area contributed by atoms with E-state index in [1.165, 1.54) is 12.0 Å². The molecule has 2 heterocycles. The number of methoxy groups -OCH3 is 2. The number of benzene rings is 1. The van der Waals surface area contributed by atoms with Gasteiger partial charge in [0.1, 0.15) is 16.4 Å². The Morgan fingerprint density at radius 3 is 2.50 bits per heavy atom. The lowest BCUT2D eigenvalue weighted by Crippen LogP contribution is -2.57. The molecule has 0 aliphatic carbocycles. The quantitative estimate of drug-likeness (QED) is 0.714. The van der Waals surface area contributed by atoms with Crippen molar-refractivity contribution in [3.8, 4) is 5.75 Å². The summed E-state index contributed by atoms with van der Waals surface area (Å²) < 4.78 is 35.9. The van der Waals surface area contributed by atoms with Gasteiger partial charge < -0.3 is 19.3 Å². The van der Waals surface area contributed by atoms with Crippen LogP contribution in [0.25, 0.3) is 0 Å². The highest BCUT2D eigenvalue weighted by atomic mass is 32.2. The summed E-state index contributed by atoms with van der Waals surface area (Å²) in [6.07, 6.45) is 0.416. The molecule has 1 aromatic rings. The van der Waals surface area contributed by atoms with Gasteiger partial charge in [-0.25, -0.2) is 8.42 Å². The first kappa shape index (κ1) is 20.6. The van der Waals surface area contributed by atoms with Gasteiger partial charge in [-0.1, -0.05) is 6.07 Å². The third-order valence-electron chi connectivity index (χ3n) is 5.77. The average molecular weight is 410 g/mol. The first-order valence-corrected chi connectivity index (χ1v) is 10.9. The standard InChI is InChI=1S/C19H26N2O6S/c1-14-15(5-4-6-16(14)27-3)18(23)20-9-7-19(8-10-20)21(11-12-26-2)17(22)13-28(19,24)25/h4-6H,7-13H2,1-3H3. The molecule has 0 N–H and O–H groups in total. The van der Waals surface area contributed by atoms with E-state index in [-0.39, 0.29) is 50.9 Å². The Bertz CT molecular complexity index is 874. The Labute approximate surface area is 165 Å². The SMILES string of the molecule is COCCN1C(=O)CS(=O)(=O)C12CCN(C(=O)c1cccc(OC)c1C)CC2. The van der Waals surface area contributed by atoms with Crippen LogP contribution in [0.3, 0.4) is 0 Å². The lowest BCUT2D eigenvalue weighted by atomic mass is 10.00. The molecule has 9 heteroatoms. The van der Waals surface area contributed by atoms with Crippen LogP contribution in [0.15, 0.2) is 18.2 Å². The second-order valence-electron chi connectivity index (χ2n) is 7.17. The summed E-state index contributed by atoms with van der Waals surface area (Å²) in [6.45, 7) is 2.87. The number of carbonyl (C=O) groups is 2. The fraction of sp³-hybridized carbons (Fsp3) is 0.579. The van der Waals surface area contributed by atoms with Crippen molar-refractivity contribution in [2.45, 2.75) is 24.6 Å². The topological polar surface area (TPSA) is 93.2 Å². The summed E-state index contributed by atoms with van der Waals surface area (Å²) in [5.74, 6) is -0.384. The number of likely N-dealkylation sites (tertiary alicyclic amines) is 1. The summed E-state index contributed by atoms with van der Waals surface area (Å²) in [6, 6.07) is 5.30. The number of hydrogen-bond donors (Lipinski definition) is 0. The van der Waals surface area contributed by atoms with Crippen molar-refractivity contribution >= 4 is 21.7 Å². The number of sulfone groups is 1. The van der Waals surface area contributed by atoms with Gasteiger partial charge >= 0.3 is 0 Å². The highest BCUT2D eigenvalue weighted by Gasteiger charge is 2.58. The van der Waals surface area contributed by atoms with Crippen LogP contribution in [0.2, 0.25) is 0 Å². The fourth-order valence-electron chi connectivity index (χ4n) is 4.16.